The number of nitrogens with zero attached hydrogens (tertiary/aromatic N) is 1. The number of rotatable bonds is 4. The van der Waals surface area contributed by atoms with Crippen LogP contribution in [-0.2, 0) is 0 Å². The Hall–Kier alpha value is -1.16. The molecule has 0 saturated heterocycles. The summed E-state index contributed by atoms with van der Waals surface area (Å²) in [4.78, 5) is 5.90. The average Bonchev–Trinajstić information content (AvgIpc) is 2.96. The van der Waals surface area contributed by atoms with Crippen LogP contribution in [0.15, 0.2) is 40.2 Å². The molecule has 0 bridgehead atoms. The molecule has 0 atom stereocenters. The van der Waals surface area contributed by atoms with E-state index in [2.05, 4.69) is 46.0 Å². The Morgan fingerprint density at radius 3 is 2.65 bits per heavy atom. The van der Waals surface area contributed by atoms with Gasteiger partial charge in [0, 0.05) is 29.3 Å². The molecule has 0 unspecified atom stereocenters. The highest BCUT2D eigenvalue weighted by molar-refractivity contribution is 8.00. The monoisotopic (exact) mass is 289 g/mol. The molecule has 3 rings (SSSR count). The zero-order chi connectivity index (χ0) is 13.7. The number of nitrogens with one attached hydrogen (secondary N) is 2. The first kappa shape index (κ1) is 13.8. The number of benzene rings is 1. The Kier molecular flexibility index (Phi) is 4.51. The van der Waals surface area contributed by atoms with Crippen LogP contribution in [0.3, 0.4) is 0 Å². The normalized spacial score (nSPS) is 21.1. The van der Waals surface area contributed by atoms with E-state index in [1.54, 1.807) is 0 Å². The van der Waals surface area contributed by atoms with Crippen molar-refractivity contribution in [3.63, 3.8) is 0 Å². The van der Waals surface area contributed by atoms with E-state index < -0.39 is 0 Å². The van der Waals surface area contributed by atoms with Crippen molar-refractivity contribution in [3.8, 4) is 0 Å². The molecule has 0 amide bonds. The van der Waals surface area contributed by atoms with Crippen LogP contribution in [0.5, 0.6) is 0 Å². The molecule has 2 N–H and O–H groups in total. The zero-order valence-electron chi connectivity index (χ0n) is 11.9. The molecule has 1 fully saturated rings. The summed E-state index contributed by atoms with van der Waals surface area (Å²) in [6.45, 7) is 3.01. The fourth-order valence-electron chi connectivity index (χ4n) is 2.97. The van der Waals surface area contributed by atoms with Crippen molar-refractivity contribution >= 4 is 17.7 Å². The first-order chi connectivity index (χ1) is 9.86. The van der Waals surface area contributed by atoms with E-state index in [4.69, 9.17) is 0 Å². The van der Waals surface area contributed by atoms with Crippen LogP contribution in [0, 0.1) is 0 Å². The lowest BCUT2D eigenvalue weighted by Gasteiger charge is -2.30. The number of aliphatic imine (C=N–C) groups is 1. The van der Waals surface area contributed by atoms with Gasteiger partial charge in [0.05, 0.1) is 0 Å². The van der Waals surface area contributed by atoms with Gasteiger partial charge in [0.15, 0.2) is 5.96 Å². The summed E-state index contributed by atoms with van der Waals surface area (Å²) >= 11 is 2.04. The molecule has 1 aliphatic carbocycles. The third-order valence-electron chi connectivity index (χ3n) is 4.07. The molecule has 0 spiro atoms. The van der Waals surface area contributed by atoms with E-state index in [9.17, 15) is 0 Å². The van der Waals surface area contributed by atoms with Gasteiger partial charge >= 0.3 is 0 Å². The predicted octanol–water partition coefficient (Wildman–Crippen LogP) is 3.03. The van der Waals surface area contributed by atoms with Gasteiger partial charge in [-0.15, -0.1) is 11.8 Å². The van der Waals surface area contributed by atoms with E-state index in [0.717, 1.165) is 32.0 Å². The van der Waals surface area contributed by atoms with Gasteiger partial charge in [-0.05, 0) is 31.4 Å². The quantitative estimate of drug-likeness (QED) is 0.894. The molecule has 0 radical (unpaired) electrons. The Balaban J connectivity index is 1.63. The highest BCUT2D eigenvalue weighted by atomic mass is 32.2. The molecule has 1 aromatic rings. The van der Waals surface area contributed by atoms with E-state index in [-0.39, 0.29) is 0 Å². The molecule has 4 heteroatoms. The van der Waals surface area contributed by atoms with Crippen molar-refractivity contribution in [2.75, 3.05) is 19.6 Å². The Labute approximate surface area is 125 Å². The standard InChI is InChI=1S/C16H23N3S/c1-2-7-14(8-3-1)20-16(9-4-5-10-16)13-19-15-17-11-6-12-18-15/h1-3,7-8H,4-6,9-13H2,(H2,17,18,19). The van der Waals surface area contributed by atoms with Crippen molar-refractivity contribution in [3.05, 3.63) is 30.3 Å². The van der Waals surface area contributed by atoms with Crippen LogP contribution in [-0.4, -0.2) is 30.3 Å². The van der Waals surface area contributed by atoms with Crippen LogP contribution in [0.4, 0.5) is 0 Å². The molecule has 20 heavy (non-hydrogen) atoms. The molecule has 1 heterocycles. The van der Waals surface area contributed by atoms with Gasteiger partial charge in [-0.25, -0.2) is 0 Å². The maximum Gasteiger partial charge on any atom is 0.191 e. The predicted molar refractivity (Wildman–Crippen MR) is 86.4 cm³/mol. The van der Waals surface area contributed by atoms with Crippen LogP contribution >= 0.6 is 11.8 Å². The Morgan fingerprint density at radius 1 is 1.15 bits per heavy atom. The number of hydrogen-bond acceptors (Lipinski definition) is 4. The summed E-state index contributed by atoms with van der Waals surface area (Å²) in [5.74, 6) is 0.996. The van der Waals surface area contributed by atoms with Crippen LogP contribution in [0.1, 0.15) is 32.1 Å². The molecule has 1 aliphatic heterocycles. The van der Waals surface area contributed by atoms with Gasteiger partial charge in [0.2, 0.25) is 0 Å². The SMILES string of the molecule is c1ccc(SC2(CNC3=NCCCN3)CCCC2)cc1. The zero-order valence-corrected chi connectivity index (χ0v) is 12.7. The fourth-order valence-corrected chi connectivity index (χ4v) is 4.40. The van der Waals surface area contributed by atoms with Gasteiger partial charge in [-0.1, -0.05) is 31.0 Å². The molecule has 1 saturated carbocycles. The third kappa shape index (κ3) is 3.48. The van der Waals surface area contributed by atoms with Crippen LogP contribution < -0.4 is 10.6 Å². The molecule has 3 nitrogen and oxygen atoms in total. The minimum atomic E-state index is 0.336. The smallest absolute Gasteiger partial charge is 0.191 e. The molecule has 108 valence electrons. The van der Waals surface area contributed by atoms with Gasteiger partial charge in [0.25, 0.3) is 0 Å². The largest absolute Gasteiger partial charge is 0.356 e. The maximum absolute atomic E-state index is 4.51. The number of hydrogen-bond donors (Lipinski definition) is 2. The number of guanidine groups is 1. The van der Waals surface area contributed by atoms with Crippen LogP contribution in [0.2, 0.25) is 0 Å². The van der Waals surface area contributed by atoms with Gasteiger partial charge < -0.3 is 10.6 Å². The van der Waals surface area contributed by atoms with E-state index in [0.29, 0.717) is 4.75 Å². The molecule has 1 aromatic carbocycles. The van der Waals surface area contributed by atoms with Crippen molar-refractivity contribution in [1.82, 2.24) is 10.6 Å². The van der Waals surface area contributed by atoms with Crippen molar-refractivity contribution in [2.24, 2.45) is 4.99 Å². The molecular formula is C16H23N3S. The second kappa shape index (κ2) is 6.53. The van der Waals surface area contributed by atoms with Gasteiger partial charge in [-0.3, -0.25) is 4.99 Å². The highest BCUT2D eigenvalue weighted by Crippen LogP contribution is 2.44. The average molecular weight is 289 g/mol. The summed E-state index contributed by atoms with van der Waals surface area (Å²) in [5.41, 5.74) is 0. The molecule has 0 aromatic heterocycles. The summed E-state index contributed by atoms with van der Waals surface area (Å²) < 4.78 is 0.336. The summed E-state index contributed by atoms with van der Waals surface area (Å²) in [6, 6.07) is 10.8. The lowest BCUT2D eigenvalue weighted by Crippen LogP contribution is -2.46. The summed E-state index contributed by atoms with van der Waals surface area (Å²) in [5, 5.41) is 6.90. The second-order valence-electron chi connectivity index (χ2n) is 5.67. The first-order valence-corrected chi connectivity index (χ1v) is 8.44. The first-order valence-electron chi connectivity index (χ1n) is 7.63. The topological polar surface area (TPSA) is 36.4 Å². The van der Waals surface area contributed by atoms with E-state index >= 15 is 0 Å². The Bertz CT molecular complexity index is 452. The summed E-state index contributed by atoms with van der Waals surface area (Å²) in [7, 11) is 0. The maximum atomic E-state index is 4.51. The number of thioether (sulfide) groups is 1. The molecule has 2 aliphatic rings. The minimum absolute atomic E-state index is 0.336. The Morgan fingerprint density at radius 2 is 1.95 bits per heavy atom. The van der Waals surface area contributed by atoms with E-state index in [1.807, 2.05) is 11.8 Å². The van der Waals surface area contributed by atoms with Crippen LogP contribution in [0.25, 0.3) is 0 Å². The third-order valence-corrected chi connectivity index (χ3v) is 5.56. The van der Waals surface area contributed by atoms with Crippen molar-refractivity contribution in [1.29, 1.82) is 0 Å². The van der Waals surface area contributed by atoms with Crippen molar-refractivity contribution < 1.29 is 0 Å². The van der Waals surface area contributed by atoms with Gasteiger partial charge in [-0.2, -0.15) is 0 Å². The lowest BCUT2D eigenvalue weighted by molar-refractivity contribution is 0.576. The second-order valence-corrected chi connectivity index (χ2v) is 7.21. The fraction of sp³-hybridized carbons (Fsp3) is 0.562. The van der Waals surface area contributed by atoms with Crippen molar-refractivity contribution in [2.45, 2.75) is 41.7 Å². The van der Waals surface area contributed by atoms with Gasteiger partial charge in [0.1, 0.15) is 0 Å². The summed E-state index contributed by atoms with van der Waals surface area (Å²) in [6.07, 6.45) is 6.44. The highest BCUT2D eigenvalue weighted by Gasteiger charge is 2.35. The lowest BCUT2D eigenvalue weighted by atomic mass is 10.1. The minimum Gasteiger partial charge on any atom is -0.356 e. The van der Waals surface area contributed by atoms with E-state index in [1.165, 1.54) is 30.6 Å². The molecular weight excluding hydrogens is 266 g/mol.